The lowest BCUT2D eigenvalue weighted by Gasteiger charge is -2.32. The van der Waals surface area contributed by atoms with Crippen LogP contribution >= 0.6 is 0 Å². The van der Waals surface area contributed by atoms with Crippen LogP contribution in [0.3, 0.4) is 0 Å². The van der Waals surface area contributed by atoms with Crippen LogP contribution in [0, 0.1) is 0 Å². The second-order valence-electron chi connectivity index (χ2n) is 7.03. The first-order valence-electron chi connectivity index (χ1n) is 8.82. The van der Waals surface area contributed by atoms with Gasteiger partial charge in [0.2, 0.25) is 11.8 Å². The molecule has 0 aliphatic carbocycles. The van der Waals surface area contributed by atoms with Crippen LogP contribution in [0.25, 0.3) is 0 Å². The van der Waals surface area contributed by atoms with Gasteiger partial charge in [-0.3, -0.25) is 29.4 Å². The summed E-state index contributed by atoms with van der Waals surface area (Å²) in [4.78, 5) is 52.0. The average Bonchev–Trinajstić information content (AvgIpc) is 2.86. The zero-order valence-electron chi connectivity index (χ0n) is 14.2. The lowest BCUT2D eigenvalue weighted by molar-refractivity contribution is -0.136. The van der Waals surface area contributed by atoms with E-state index in [0.717, 1.165) is 30.0 Å². The molecule has 2 atom stereocenters. The van der Waals surface area contributed by atoms with Crippen molar-refractivity contribution in [1.82, 2.24) is 10.2 Å². The number of hydrogen-bond acceptors (Lipinski definition) is 6. The highest BCUT2D eigenvalue weighted by Crippen LogP contribution is 2.31. The summed E-state index contributed by atoms with van der Waals surface area (Å²) in [6, 6.07) is 4.31. The Kier molecular flexibility index (Phi) is 3.99. The molecule has 136 valence electrons. The van der Waals surface area contributed by atoms with Crippen LogP contribution in [0.2, 0.25) is 0 Å². The molecule has 8 heteroatoms. The number of carbonyl (C=O) groups excluding carboxylic acids is 4. The van der Waals surface area contributed by atoms with E-state index in [2.05, 4.69) is 10.2 Å². The number of carbonyl (C=O) groups is 4. The Hall–Kier alpha value is -2.74. The molecule has 1 unspecified atom stereocenters. The summed E-state index contributed by atoms with van der Waals surface area (Å²) < 4.78 is 0. The summed E-state index contributed by atoms with van der Waals surface area (Å²) in [5.41, 5.74) is 7.48. The van der Waals surface area contributed by atoms with Gasteiger partial charge >= 0.3 is 0 Å². The number of piperidine rings is 2. The minimum absolute atomic E-state index is 0.0920. The molecular weight excluding hydrogens is 336 g/mol. The molecule has 0 radical (unpaired) electrons. The number of rotatable bonds is 2. The molecule has 3 aliphatic heterocycles. The summed E-state index contributed by atoms with van der Waals surface area (Å²) in [5, 5.41) is 2.20. The summed E-state index contributed by atoms with van der Waals surface area (Å²) in [6.45, 7) is 1.56. The highest BCUT2D eigenvalue weighted by Gasteiger charge is 2.44. The molecule has 3 heterocycles. The van der Waals surface area contributed by atoms with Gasteiger partial charge in [0.05, 0.1) is 11.1 Å². The monoisotopic (exact) mass is 356 g/mol. The molecule has 1 aromatic carbocycles. The molecule has 2 saturated heterocycles. The molecule has 4 amide bonds. The molecule has 4 rings (SSSR count). The fourth-order valence-corrected chi connectivity index (χ4v) is 3.90. The Morgan fingerprint density at radius 3 is 2.54 bits per heavy atom. The van der Waals surface area contributed by atoms with Crippen molar-refractivity contribution in [3.05, 3.63) is 29.3 Å². The van der Waals surface area contributed by atoms with Gasteiger partial charge in [-0.15, -0.1) is 0 Å². The Labute approximate surface area is 150 Å². The molecule has 2 fully saturated rings. The van der Waals surface area contributed by atoms with E-state index in [4.69, 9.17) is 5.73 Å². The Balaban J connectivity index is 1.62. The zero-order valence-corrected chi connectivity index (χ0v) is 14.2. The van der Waals surface area contributed by atoms with Gasteiger partial charge < -0.3 is 10.6 Å². The van der Waals surface area contributed by atoms with E-state index in [0.29, 0.717) is 17.7 Å². The van der Waals surface area contributed by atoms with Crippen LogP contribution in [-0.4, -0.2) is 53.7 Å². The largest absolute Gasteiger partial charge is 0.370 e. The molecule has 26 heavy (non-hydrogen) atoms. The second kappa shape index (κ2) is 6.21. The number of amides is 4. The lowest BCUT2D eigenvalue weighted by atomic mass is 10.0. The van der Waals surface area contributed by atoms with Gasteiger partial charge in [0, 0.05) is 31.2 Å². The highest BCUT2D eigenvalue weighted by atomic mass is 16.2. The summed E-state index contributed by atoms with van der Waals surface area (Å²) >= 11 is 0. The Morgan fingerprint density at radius 1 is 1.04 bits per heavy atom. The maximum atomic E-state index is 12.8. The fourth-order valence-electron chi connectivity index (χ4n) is 3.90. The molecule has 3 N–H and O–H groups in total. The van der Waals surface area contributed by atoms with Crippen LogP contribution < -0.4 is 16.0 Å². The first-order chi connectivity index (χ1) is 12.5. The number of imide groups is 2. The number of benzene rings is 1. The smallest absolute Gasteiger partial charge is 0.262 e. The number of nitrogens with one attached hydrogen (secondary N) is 1. The van der Waals surface area contributed by atoms with Crippen molar-refractivity contribution < 1.29 is 19.2 Å². The second-order valence-corrected chi connectivity index (χ2v) is 7.03. The van der Waals surface area contributed by atoms with Crippen LogP contribution in [0.5, 0.6) is 0 Å². The quantitative estimate of drug-likeness (QED) is 0.722. The van der Waals surface area contributed by atoms with Crippen molar-refractivity contribution in [1.29, 1.82) is 0 Å². The number of nitrogens with two attached hydrogens (primary N) is 1. The third-order valence-corrected chi connectivity index (χ3v) is 5.25. The van der Waals surface area contributed by atoms with Crippen molar-refractivity contribution in [3.63, 3.8) is 0 Å². The van der Waals surface area contributed by atoms with Crippen molar-refractivity contribution in [3.8, 4) is 0 Å². The van der Waals surface area contributed by atoms with Gasteiger partial charge in [0.15, 0.2) is 0 Å². The van der Waals surface area contributed by atoms with Crippen molar-refractivity contribution in [2.75, 3.05) is 18.0 Å². The third kappa shape index (κ3) is 2.66. The maximum absolute atomic E-state index is 12.8. The van der Waals surface area contributed by atoms with Gasteiger partial charge in [-0.1, -0.05) is 0 Å². The van der Waals surface area contributed by atoms with Crippen LogP contribution in [-0.2, 0) is 9.59 Å². The molecular formula is C18H20N4O4. The topological polar surface area (TPSA) is 113 Å². The first-order valence-corrected chi connectivity index (χ1v) is 8.82. The average molecular weight is 356 g/mol. The van der Waals surface area contributed by atoms with Gasteiger partial charge in [-0.05, 0) is 37.5 Å². The SMILES string of the molecule is N[C@@H]1CCCN(c2ccc3c(c2)C(=O)N(C2CCC(=O)NC2=O)C3=O)C1. The van der Waals surface area contributed by atoms with E-state index in [9.17, 15) is 19.2 Å². The number of hydrogen-bond donors (Lipinski definition) is 2. The minimum Gasteiger partial charge on any atom is -0.370 e. The maximum Gasteiger partial charge on any atom is 0.262 e. The fraction of sp³-hybridized carbons (Fsp3) is 0.444. The normalized spacial score (nSPS) is 26.2. The van der Waals surface area contributed by atoms with Gasteiger partial charge in [-0.25, -0.2) is 0 Å². The molecule has 1 aromatic rings. The molecule has 0 bridgehead atoms. The third-order valence-electron chi connectivity index (χ3n) is 5.25. The minimum atomic E-state index is -0.938. The van der Waals surface area contributed by atoms with E-state index in [1.54, 1.807) is 12.1 Å². The molecule has 0 aromatic heterocycles. The summed E-state index contributed by atoms with van der Waals surface area (Å²) in [6.07, 6.45) is 2.22. The van der Waals surface area contributed by atoms with E-state index in [-0.39, 0.29) is 24.8 Å². The van der Waals surface area contributed by atoms with E-state index < -0.39 is 23.8 Å². The molecule has 0 spiro atoms. The molecule has 0 saturated carbocycles. The van der Waals surface area contributed by atoms with Crippen molar-refractivity contribution >= 4 is 29.3 Å². The zero-order chi connectivity index (χ0) is 18.4. The molecule has 8 nitrogen and oxygen atoms in total. The van der Waals surface area contributed by atoms with Crippen LogP contribution in [0.1, 0.15) is 46.4 Å². The predicted octanol–water partition coefficient (Wildman–Crippen LogP) is 0.0153. The highest BCUT2D eigenvalue weighted by molar-refractivity contribution is 6.23. The van der Waals surface area contributed by atoms with Gasteiger partial charge in [0.25, 0.3) is 11.8 Å². The molecule has 3 aliphatic rings. The Morgan fingerprint density at radius 2 is 1.81 bits per heavy atom. The summed E-state index contributed by atoms with van der Waals surface area (Å²) in [7, 11) is 0. The van der Waals surface area contributed by atoms with Crippen LogP contribution in [0.4, 0.5) is 5.69 Å². The Bertz CT molecular complexity index is 821. The first kappa shape index (κ1) is 16.7. The predicted molar refractivity (Wildman–Crippen MR) is 92.5 cm³/mol. The van der Waals surface area contributed by atoms with Gasteiger partial charge in [-0.2, -0.15) is 0 Å². The van der Waals surface area contributed by atoms with Crippen LogP contribution in [0.15, 0.2) is 18.2 Å². The number of nitrogens with zero attached hydrogens (tertiary/aromatic N) is 2. The number of fused-ring (bicyclic) bond motifs is 1. The summed E-state index contributed by atoms with van der Waals surface area (Å²) in [5.74, 6) is -1.95. The van der Waals surface area contributed by atoms with Crippen molar-refractivity contribution in [2.45, 2.75) is 37.8 Å². The van der Waals surface area contributed by atoms with E-state index in [1.807, 2.05) is 6.07 Å². The standard InChI is InChI=1S/C18H20N4O4/c19-10-2-1-7-21(9-10)11-3-4-12-13(8-11)18(26)22(17(12)25)14-5-6-15(23)20-16(14)24/h3-4,8,10,14H,1-2,5-7,9,19H2,(H,20,23,24)/t10-,14?/m1/s1. The van der Waals surface area contributed by atoms with Crippen molar-refractivity contribution in [2.24, 2.45) is 5.73 Å². The van der Waals surface area contributed by atoms with Gasteiger partial charge in [0.1, 0.15) is 6.04 Å². The van der Waals surface area contributed by atoms with E-state index in [1.165, 1.54) is 0 Å². The number of anilines is 1. The lowest BCUT2D eigenvalue weighted by Crippen LogP contribution is -2.54. The van der Waals surface area contributed by atoms with E-state index >= 15 is 0 Å².